The maximum Gasteiger partial charge on any atom is 0.146 e. The average molecular weight is 292 g/mol. The number of fused-ring (bicyclic) bond motifs is 2. The number of nitrogens with zero attached hydrogens (tertiary/aromatic N) is 2. The van der Waals surface area contributed by atoms with Gasteiger partial charge in [-0.25, -0.2) is 0 Å². The third-order valence-electron chi connectivity index (χ3n) is 4.81. The maximum absolute atomic E-state index is 12.5. The van der Waals surface area contributed by atoms with E-state index >= 15 is 0 Å². The van der Waals surface area contributed by atoms with Gasteiger partial charge in [0.25, 0.3) is 0 Å². The van der Waals surface area contributed by atoms with Gasteiger partial charge in [-0.05, 0) is 24.3 Å². The van der Waals surface area contributed by atoms with E-state index in [0.717, 1.165) is 26.2 Å². The minimum atomic E-state index is 0.118. The lowest BCUT2D eigenvalue weighted by molar-refractivity contribution is -0.128. The SMILES string of the molecule is O=C1C2CN(c3ccccc3)CC1CN(c1ccccc1)C2. The summed E-state index contributed by atoms with van der Waals surface area (Å²) in [5.74, 6) is 0.695. The van der Waals surface area contributed by atoms with Gasteiger partial charge in [0.1, 0.15) is 5.78 Å². The minimum absolute atomic E-state index is 0.118. The number of hydrogen-bond donors (Lipinski definition) is 0. The number of para-hydroxylation sites is 2. The lowest BCUT2D eigenvalue weighted by Gasteiger charge is -2.46. The van der Waals surface area contributed by atoms with Crippen LogP contribution in [0.4, 0.5) is 11.4 Å². The van der Waals surface area contributed by atoms with E-state index in [1.807, 2.05) is 12.1 Å². The largest absolute Gasteiger partial charge is 0.370 e. The first-order chi connectivity index (χ1) is 10.8. The van der Waals surface area contributed by atoms with Crippen LogP contribution in [0.25, 0.3) is 0 Å². The van der Waals surface area contributed by atoms with E-state index in [0.29, 0.717) is 5.78 Å². The van der Waals surface area contributed by atoms with Crippen LogP contribution in [0.1, 0.15) is 0 Å². The summed E-state index contributed by atoms with van der Waals surface area (Å²) < 4.78 is 0. The van der Waals surface area contributed by atoms with E-state index in [9.17, 15) is 4.79 Å². The summed E-state index contributed by atoms with van der Waals surface area (Å²) in [6.07, 6.45) is 0. The zero-order valence-electron chi connectivity index (χ0n) is 12.6. The zero-order valence-corrected chi connectivity index (χ0v) is 12.6. The van der Waals surface area contributed by atoms with Gasteiger partial charge in [0, 0.05) is 37.6 Å². The Labute approximate surface area is 131 Å². The standard InChI is InChI=1S/C19H20N2O/c22-19-15-11-20(17-7-3-1-4-8-17)12-16(19)14-21(13-15)18-9-5-2-6-10-18/h1-10,15-16H,11-14H2. The van der Waals surface area contributed by atoms with Gasteiger partial charge >= 0.3 is 0 Å². The van der Waals surface area contributed by atoms with Gasteiger partial charge in [-0.3, -0.25) is 4.79 Å². The number of rotatable bonds is 2. The van der Waals surface area contributed by atoms with Crippen LogP contribution in [0.3, 0.4) is 0 Å². The molecule has 0 aromatic heterocycles. The molecule has 2 aliphatic rings. The Kier molecular flexibility index (Phi) is 3.34. The molecule has 0 saturated carbocycles. The van der Waals surface area contributed by atoms with Gasteiger partial charge < -0.3 is 9.80 Å². The third kappa shape index (κ3) is 2.37. The van der Waals surface area contributed by atoms with Crippen molar-refractivity contribution in [1.29, 1.82) is 0 Å². The molecule has 3 heteroatoms. The van der Waals surface area contributed by atoms with E-state index in [1.165, 1.54) is 11.4 Å². The molecular weight excluding hydrogens is 272 g/mol. The van der Waals surface area contributed by atoms with Crippen molar-refractivity contribution < 1.29 is 4.79 Å². The quantitative estimate of drug-likeness (QED) is 0.850. The molecule has 22 heavy (non-hydrogen) atoms. The molecule has 2 heterocycles. The van der Waals surface area contributed by atoms with E-state index in [-0.39, 0.29) is 11.8 Å². The first-order valence-electron chi connectivity index (χ1n) is 7.95. The van der Waals surface area contributed by atoms with Crippen molar-refractivity contribution in [3.63, 3.8) is 0 Å². The Bertz CT molecular complexity index is 586. The Morgan fingerprint density at radius 1 is 0.636 bits per heavy atom. The molecule has 0 atom stereocenters. The number of anilines is 2. The molecule has 3 nitrogen and oxygen atoms in total. The highest BCUT2D eigenvalue weighted by Gasteiger charge is 2.41. The van der Waals surface area contributed by atoms with Crippen LogP contribution >= 0.6 is 0 Å². The first-order valence-corrected chi connectivity index (χ1v) is 7.95. The molecule has 2 aromatic rings. The van der Waals surface area contributed by atoms with Gasteiger partial charge in [0.2, 0.25) is 0 Å². The third-order valence-corrected chi connectivity index (χ3v) is 4.81. The Balaban J connectivity index is 1.55. The number of benzene rings is 2. The number of carbonyl (C=O) groups is 1. The highest BCUT2D eigenvalue weighted by molar-refractivity contribution is 5.88. The van der Waals surface area contributed by atoms with Crippen LogP contribution in [0, 0.1) is 11.8 Å². The minimum Gasteiger partial charge on any atom is -0.370 e. The van der Waals surface area contributed by atoms with Gasteiger partial charge in [-0.15, -0.1) is 0 Å². The predicted octanol–water partition coefficient (Wildman–Crippen LogP) is 2.83. The molecule has 0 amide bonds. The number of hydrogen-bond acceptors (Lipinski definition) is 3. The normalized spacial score (nSPS) is 24.5. The lowest BCUT2D eigenvalue weighted by Crippen LogP contribution is -2.58. The van der Waals surface area contributed by atoms with Gasteiger partial charge in [0.15, 0.2) is 0 Å². The predicted molar refractivity (Wildman–Crippen MR) is 89.3 cm³/mol. The summed E-state index contributed by atoms with van der Waals surface area (Å²) >= 11 is 0. The van der Waals surface area contributed by atoms with Crippen molar-refractivity contribution in [2.24, 2.45) is 11.8 Å². The molecule has 2 aliphatic heterocycles. The van der Waals surface area contributed by atoms with E-state index in [4.69, 9.17) is 0 Å². The lowest BCUT2D eigenvalue weighted by atomic mass is 9.82. The smallest absolute Gasteiger partial charge is 0.146 e. The first kappa shape index (κ1) is 13.4. The number of carbonyl (C=O) groups excluding carboxylic acids is 1. The Morgan fingerprint density at radius 3 is 1.36 bits per heavy atom. The molecule has 0 spiro atoms. The second kappa shape index (κ2) is 5.48. The van der Waals surface area contributed by atoms with Crippen LogP contribution in [0.5, 0.6) is 0 Å². The molecule has 0 radical (unpaired) electrons. The van der Waals surface area contributed by atoms with E-state index < -0.39 is 0 Å². The molecule has 112 valence electrons. The zero-order chi connectivity index (χ0) is 14.9. The van der Waals surface area contributed by atoms with E-state index in [2.05, 4.69) is 58.3 Å². The second-order valence-electron chi connectivity index (χ2n) is 6.28. The summed E-state index contributed by atoms with van der Waals surface area (Å²) in [5, 5.41) is 0. The van der Waals surface area contributed by atoms with Gasteiger partial charge in [0.05, 0.1) is 11.8 Å². The van der Waals surface area contributed by atoms with Gasteiger partial charge in [-0.2, -0.15) is 0 Å². The van der Waals surface area contributed by atoms with Crippen molar-refractivity contribution in [3.05, 3.63) is 60.7 Å². The summed E-state index contributed by atoms with van der Waals surface area (Å²) in [4.78, 5) is 17.3. The molecule has 2 fully saturated rings. The van der Waals surface area contributed by atoms with Crippen LogP contribution in [0.2, 0.25) is 0 Å². The van der Waals surface area contributed by atoms with Crippen LogP contribution in [-0.4, -0.2) is 32.0 Å². The number of Topliss-reactive ketones (excluding diaryl/α,β-unsaturated/α-hetero) is 1. The van der Waals surface area contributed by atoms with Crippen LogP contribution in [-0.2, 0) is 4.79 Å². The Morgan fingerprint density at radius 2 is 1.00 bits per heavy atom. The van der Waals surface area contributed by atoms with Gasteiger partial charge in [-0.1, -0.05) is 36.4 Å². The van der Waals surface area contributed by atoms with Crippen molar-refractivity contribution in [1.82, 2.24) is 0 Å². The summed E-state index contributed by atoms with van der Waals surface area (Å²) in [5.41, 5.74) is 2.47. The monoisotopic (exact) mass is 292 g/mol. The van der Waals surface area contributed by atoms with Crippen molar-refractivity contribution in [3.8, 4) is 0 Å². The van der Waals surface area contributed by atoms with Crippen molar-refractivity contribution in [2.75, 3.05) is 36.0 Å². The number of piperidine rings is 2. The highest BCUT2D eigenvalue weighted by Crippen LogP contribution is 2.31. The number of ketones is 1. The van der Waals surface area contributed by atoms with E-state index in [1.54, 1.807) is 0 Å². The molecule has 0 unspecified atom stereocenters. The van der Waals surface area contributed by atoms with Crippen molar-refractivity contribution >= 4 is 17.2 Å². The Hall–Kier alpha value is -2.29. The topological polar surface area (TPSA) is 23.6 Å². The fourth-order valence-electron chi connectivity index (χ4n) is 3.72. The second-order valence-corrected chi connectivity index (χ2v) is 6.28. The van der Waals surface area contributed by atoms with Crippen molar-refractivity contribution in [2.45, 2.75) is 0 Å². The summed E-state index contributed by atoms with van der Waals surface area (Å²) in [6, 6.07) is 20.9. The molecular formula is C19H20N2O. The molecule has 2 saturated heterocycles. The molecule has 2 bridgehead atoms. The highest BCUT2D eigenvalue weighted by atomic mass is 16.1. The molecule has 0 N–H and O–H groups in total. The summed E-state index contributed by atoms with van der Waals surface area (Å²) in [7, 11) is 0. The molecule has 4 rings (SSSR count). The van der Waals surface area contributed by atoms with Crippen LogP contribution < -0.4 is 9.80 Å². The summed E-state index contributed by atoms with van der Waals surface area (Å²) in [6.45, 7) is 3.34. The molecule has 2 aromatic carbocycles. The molecule has 0 aliphatic carbocycles. The fourth-order valence-corrected chi connectivity index (χ4v) is 3.72. The van der Waals surface area contributed by atoms with Crippen LogP contribution in [0.15, 0.2) is 60.7 Å². The average Bonchev–Trinajstić information content (AvgIpc) is 2.56. The maximum atomic E-state index is 12.5. The fraction of sp³-hybridized carbons (Fsp3) is 0.316.